The van der Waals surface area contributed by atoms with Gasteiger partial charge in [-0.25, -0.2) is 0 Å². The van der Waals surface area contributed by atoms with Gasteiger partial charge in [-0.15, -0.1) is 0 Å². The Bertz CT molecular complexity index is 446. The molecular weight excluding hydrogens is 300 g/mol. The van der Waals surface area contributed by atoms with Gasteiger partial charge in [0.05, 0.1) is 6.04 Å². The zero-order chi connectivity index (χ0) is 17.6. The van der Waals surface area contributed by atoms with Crippen LogP contribution in [-0.4, -0.2) is 57.3 Å². The van der Waals surface area contributed by atoms with Gasteiger partial charge in [0.15, 0.2) is 5.96 Å². The summed E-state index contributed by atoms with van der Waals surface area (Å²) in [4.78, 5) is 6.78. The summed E-state index contributed by atoms with van der Waals surface area (Å²) in [6.07, 6.45) is 0.979. The van der Waals surface area contributed by atoms with Crippen molar-refractivity contribution in [2.24, 2.45) is 4.99 Å². The van der Waals surface area contributed by atoms with E-state index in [-0.39, 0.29) is 0 Å². The minimum absolute atomic E-state index is 0.336. The predicted molar refractivity (Wildman–Crippen MR) is 103 cm³/mol. The van der Waals surface area contributed by atoms with Crippen LogP contribution in [0.15, 0.2) is 35.3 Å². The number of hydrogen-bond acceptors (Lipinski definition) is 3. The molecule has 1 rings (SSSR count). The Morgan fingerprint density at radius 1 is 1.12 bits per heavy atom. The topological polar surface area (TPSA) is 48.9 Å². The summed E-state index contributed by atoms with van der Waals surface area (Å²) in [6, 6.07) is 11.0. The molecule has 1 aromatic rings. The number of nitrogens with one attached hydrogen (secondary N) is 2. The summed E-state index contributed by atoms with van der Waals surface area (Å²) < 4.78 is 5.36. The fraction of sp³-hybridized carbons (Fsp3) is 0.632. The third-order valence-electron chi connectivity index (χ3n) is 4.09. The van der Waals surface area contributed by atoms with E-state index >= 15 is 0 Å². The average Bonchev–Trinajstić information content (AvgIpc) is 2.63. The highest BCUT2D eigenvalue weighted by Crippen LogP contribution is 2.19. The molecule has 0 fully saturated rings. The normalized spacial score (nSPS) is 13.1. The second-order valence-electron chi connectivity index (χ2n) is 5.58. The number of rotatable bonds is 11. The smallest absolute Gasteiger partial charge is 0.191 e. The molecule has 1 aromatic carbocycles. The van der Waals surface area contributed by atoms with Gasteiger partial charge in [0.2, 0.25) is 0 Å². The third-order valence-corrected chi connectivity index (χ3v) is 4.09. The maximum atomic E-state index is 5.36. The highest BCUT2D eigenvalue weighted by atomic mass is 16.5. The van der Waals surface area contributed by atoms with Crippen LogP contribution in [0.3, 0.4) is 0 Å². The van der Waals surface area contributed by atoms with Crippen LogP contribution < -0.4 is 10.6 Å². The molecule has 0 saturated carbocycles. The number of likely N-dealkylation sites (N-methyl/N-ethyl adjacent to an activating group) is 1. The van der Waals surface area contributed by atoms with Gasteiger partial charge in [0.25, 0.3) is 0 Å². The van der Waals surface area contributed by atoms with Crippen LogP contribution in [-0.2, 0) is 4.74 Å². The van der Waals surface area contributed by atoms with E-state index in [4.69, 9.17) is 4.74 Å². The van der Waals surface area contributed by atoms with E-state index in [0.29, 0.717) is 6.04 Å². The minimum atomic E-state index is 0.336. The van der Waals surface area contributed by atoms with Crippen LogP contribution in [0.4, 0.5) is 0 Å². The fourth-order valence-electron chi connectivity index (χ4n) is 2.74. The lowest BCUT2D eigenvalue weighted by atomic mass is 10.1. The Labute approximate surface area is 147 Å². The Balaban J connectivity index is 2.56. The monoisotopic (exact) mass is 334 g/mol. The molecule has 5 nitrogen and oxygen atoms in total. The van der Waals surface area contributed by atoms with Crippen molar-refractivity contribution in [1.29, 1.82) is 0 Å². The molecule has 5 heteroatoms. The Hall–Kier alpha value is -1.59. The quantitative estimate of drug-likeness (QED) is 0.371. The van der Waals surface area contributed by atoms with Crippen molar-refractivity contribution >= 4 is 5.96 Å². The van der Waals surface area contributed by atoms with E-state index < -0.39 is 0 Å². The standard InChI is InChI=1S/C19H34N4O/c1-5-23(6-2)18(17-12-9-8-10-13-17)16-22-19(20-4)21-14-11-15-24-7-3/h8-10,12-13,18H,5-7,11,14-16H2,1-4H3,(H2,20,21,22). The van der Waals surface area contributed by atoms with Crippen molar-refractivity contribution in [3.05, 3.63) is 35.9 Å². The molecule has 0 aliphatic rings. The predicted octanol–water partition coefficient (Wildman–Crippen LogP) is 2.66. The second-order valence-corrected chi connectivity index (χ2v) is 5.58. The first-order valence-corrected chi connectivity index (χ1v) is 9.07. The molecule has 0 bridgehead atoms. The number of guanidine groups is 1. The minimum Gasteiger partial charge on any atom is -0.382 e. The van der Waals surface area contributed by atoms with Crippen LogP contribution in [0, 0.1) is 0 Å². The van der Waals surface area contributed by atoms with Gasteiger partial charge in [0, 0.05) is 33.4 Å². The second kappa shape index (κ2) is 12.8. The lowest BCUT2D eigenvalue weighted by molar-refractivity contribution is 0.145. The molecule has 136 valence electrons. The molecule has 2 N–H and O–H groups in total. The summed E-state index contributed by atoms with van der Waals surface area (Å²) in [5, 5.41) is 6.81. The van der Waals surface area contributed by atoms with Crippen LogP contribution in [0.25, 0.3) is 0 Å². The highest BCUT2D eigenvalue weighted by molar-refractivity contribution is 5.79. The molecule has 1 unspecified atom stereocenters. The van der Waals surface area contributed by atoms with Crippen LogP contribution >= 0.6 is 0 Å². The molecule has 1 atom stereocenters. The first-order chi connectivity index (χ1) is 11.8. The summed E-state index contributed by atoms with van der Waals surface area (Å²) >= 11 is 0. The van der Waals surface area contributed by atoms with Crippen LogP contribution in [0.1, 0.15) is 38.8 Å². The zero-order valence-corrected chi connectivity index (χ0v) is 15.7. The Kier molecular flexibility index (Phi) is 10.9. The van der Waals surface area contributed by atoms with Crippen molar-refractivity contribution in [1.82, 2.24) is 15.5 Å². The molecule has 24 heavy (non-hydrogen) atoms. The van der Waals surface area contributed by atoms with Gasteiger partial charge in [-0.05, 0) is 32.0 Å². The van der Waals surface area contributed by atoms with Crippen molar-refractivity contribution < 1.29 is 4.74 Å². The molecule has 0 heterocycles. The largest absolute Gasteiger partial charge is 0.382 e. The van der Waals surface area contributed by atoms with Gasteiger partial charge < -0.3 is 15.4 Å². The van der Waals surface area contributed by atoms with E-state index in [9.17, 15) is 0 Å². The first kappa shape index (κ1) is 20.5. The van der Waals surface area contributed by atoms with Crippen molar-refractivity contribution in [3.8, 4) is 0 Å². The summed E-state index contributed by atoms with van der Waals surface area (Å²) in [5.74, 6) is 0.847. The van der Waals surface area contributed by atoms with Gasteiger partial charge in [-0.1, -0.05) is 44.2 Å². The molecule has 0 spiro atoms. The number of aliphatic imine (C=N–C) groups is 1. The number of nitrogens with zero attached hydrogens (tertiary/aromatic N) is 2. The van der Waals surface area contributed by atoms with Crippen LogP contribution in [0.2, 0.25) is 0 Å². The SMILES string of the molecule is CCOCCCNC(=NC)NCC(c1ccccc1)N(CC)CC. The Morgan fingerprint density at radius 2 is 1.83 bits per heavy atom. The van der Waals surface area contributed by atoms with Gasteiger partial charge in [-0.3, -0.25) is 9.89 Å². The first-order valence-electron chi connectivity index (χ1n) is 9.07. The molecule has 0 radical (unpaired) electrons. The summed E-state index contributed by atoms with van der Waals surface area (Å²) in [6.45, 7) is 11.7. The van der Waals surface area contributed by atoms with Gasteiger partial charge in [-0.2, -0.15) is 0 Å². The zero-order valence-electron chi connectivity index (χ0n) is 15.7. The molecule has 0 aliphatic heterocycles. The maximum Gasteiger partial charge on any atom is 0.191 e. The molecule has 0 saturated heterocycles. The number of ether oxygens (including phenoxy) is 1. The highest BCUT2D eigenvalue weighted by Gasteiger charge is 2.17. The summed E-state index contributed by atoms with van der Waals surface area (Å²) in [7, 11) is 1.81. The van der Waals surface area contributed by atoms with Gasteiger partial charge >= 0.3 is 0 Å². The van der Waals surface area contributed by atoms with E-state index in [1.54, 1.807) is 0 Å². The van der Waals surface area contributed by atoms with Gasteiger partial charge in [0.1, 0.15) is 0 Å². The summed E-state index contributed by atoms with van der Waals surface area (Å²) in [5.41, 5.74) is 1.33. The van der Waals surface area contributed by atoms with Crippen molar-refractivity contribution in [2.75, 3.05) is 46.4 Å². The number of benzene rings is 1. The average molecular weight is 335 g/mol. The lowest BCUT2D eigenvalue weighted by Gasteiger charge is -2.30. The fourth-order valence-corrected chi connectivity index (χ4v) is 2.74. The third kappa shape index (κ3) is 7.32. The number of hydrogen-bond donors (Lipinski definition) is 2. The van der Waals surface area contributed by atoms with E-state index in [1.807, 2.05) is 14.0 Å². The molecular formula is C19H34N4O. The maximum absolute atomic E-state index is 5.36. The Morgan fingerprint density at radius 3 is 2.42 bits per heavy atom. The molecule has 0 aliphatic carbocycles. The molecule has 0 amide bonds. The molecule has 0 aromatic heterocycles. The van der Waals surface area contributed by atoms with E-state index in [2.05, 4.69) is 64.7 Å². The van der Waals surface area contributed by atoms with Crippen molar-refractivity contribution in [3.63, 3.8) is 0 Å². The van der Waals surface area contributed by atoms with Crippen LogP contribution in [0.5, 0.6) is 0 Å². The lowest BCUT2D eigenvalue weighted by Crippen LogP contribution is -2.43. The van der Waals surface area contributed by atoms with Crippen molar-refractivity contribution in [2.45, 2.75) is 33.2 Å². The van der Waals surface area contributed by atoms with E-state index in [1.165, 1.54) is 5.56 Å². The van der Waals surface area contributed by atoms with E-state index in [0.717, 1.165) is 51.8 Å².